The number of nitrogens with one attached hydrogen (secondary N) is 1. The van der Waals surface area contributed by atoms with Crippen LogP contribution in [0.3, 0.4) is 0 Å². The summed E-state index contributed by atoms with van der Waals surface area (Å²) in [7, 11) is -2.10. The fraction of sp³-hybridized carbons (Fsp3) is 0.278. The molecule has 0 bridgehead atoms. The number of methoxy groups -OCH3 is 1. The van der Waals surface area contributed by atoms with E-state index in [4.69, 9.17) is 4.74 Å². The van der Waals surface area contributed by atoms with Gasteiger partial charge in [-0.3, -0.25) is 4.79 Å². The van der Waals surface area contributed by atoms with Crippen molar-refractivity contribution in [2.45, 2.75) is 18.7 Å². The van der Waals surface area contributed by atoms with Crippen molar-refractivity contribution in [2.24, 2.45) is 0 Å². The van der Waals surface area contributed by atoms with Crippen LogP contribution in [0.4, 0.5) is 5.69 Å². The predicted molar refractivity (Wildman–Crippen MR) is 105 cm³/mol. The number of carbonyl (C=O) groups excluding carboxylic acids is 1. The van der Waals surface area contributed by atoms with Crippen molar-refractivity contribution in [1.29, 1.82) is 0 Å². The molecule has 2 aromatic carbocycles. The Bertz CT molecular complexity index is 896. The summed E-state index contributed by atoms with van der Waals surface area (Å²) in [5.41, 5.74) is 0.791. The van der Waals surface area contributed by atoms with Gasteiger partial charge in [0, 0.05) is 29.3 Å². The Morgan fingerprint density at radius 3 is 2.46 bits per heavy atom. The molecule has 2 rings (SSSR count). The Morgan fingerprint density at radius 2 is 1.85 bits per heavy atom. The summed E-state index contributed by atoms with van der Waals surface area (Å²) in [6.07, 6.45) is 0. The molecule has 26 heavy (non-hydrogen) atoms. The molecule has 0 fully saturated rings. The Labute approximate surface area is 162 Å². The van der Waals surface area contributed by atoms with Gasteiger partial charge >= 0.3 is 0 Å². The third-order valence-electron chi connectivity index (χ3n) is 3.85. The Kier molecular flexibility index (Phi) is 6.80. The predicted octanol–water partition coefficient (Wildman–Crippen LogP) is 3.74. The molecule has 0 aliphatic heterocycles. The summed E-state index contributed by atoms with van der Waals surface area (Å²) >= 11 is 3.32. The van der Waals surface area contributed by atoms with Gasteiger partial charge in [-0.25, -0.2) is 8.42 Å². The Hall–Kier alpha value is -1.90. The summed E-state index contributed by atoms with van der Waals surface area (Å²) in [5.74, 6) is 0.196. The first kappa shape index (κ1) is 20.4. The SMILES string of the molecule is CCN(CC)S(=O)(=O)c1ccc(Br)c(C(=O)Nc2cccc(OC)c2)c1. The van der Waals surface area contributed by atoms with Crippen molar-refractivity contribution in [3.05, 3.63) is 52.5 Å². The van der Waals surface area contributed by atoms with Crippen LogP contribution in [0, 0.1) is 0 Å². The fourth-order valence-electron chi connectivity index (χ4n) is 2.45. The number of carbonyl (C=O) groups is 1. The van der Waals surface area contributed by atoms with Crippen LogP contribution in [0.1, 0.15) is 24.2 Å². The van der Waals surface area contributed by atoms with Crippen LogP contribution in [-0.2, 0) is 10.0 Å². The lowest BCUT2D eigenvalue weighted by atomic mass is 10.2. The molecule has 0 spiro atoms. The molecule has 0 radical (unpaired) electrons. The zero-order chi connectivity index (χ0) is 19.3. The van der Waals surface area contributed by atoms with Crippen molar-refractivity contribution in [1.82, 2.24) is 4.31 Å². The van der Waals surface area contributed by atoms with Crippen LogP contribution in [-0.4, -0.2) is 38.8 Å². The lowest BCUT2D eigenvalue weighted by molar-refractivity contribution is 0.102. The van der Waals surface area contributed by atoms with Gasteiger partial charge in [0.1, 0.15) is 5.75 Å². The van der Waals surface area contributed by atoms with Gasteiger partial charge in [-0.15, -0.1) is 0 Å². The average molecular weight is 441 g/mol. The van der Waals surface area contributed by atoms with Crippen LogP contribution in [0.2, 0.25) is 0 Å². The number of hydrogen-bond donors (Lipinski definition) is 1. The summed E-state index contributed by atoms with van der Waals surface area (Å²) in [4.78, 5) is 12.7. The highest BCUT2D eigenvalue weighted by Crippen LogP contribution is 2.25. The van der Waals surface area contributed by atoms with Gasteiger partial charge in [0.05, 0.1) is 17.6 Å². The van der Waals surface area contributed by atoms with E-state index in [1.54, 1.807) is 51.3 Å². The molecule has 0 aliphatic carbocycles. The highest BCUT2D eigenvalue weighted by atomic mass is 79.9. The van der Waals surface area contributed by atoms with E-state index in [9.17, 15) is 13.2 Å². The molecule has 0 saturated heterocycles. The first-order chi connectivity index (χ1) is 12.3. The fourth-order valence-corrected chi connectivity index (χ4v) is 4.36. The topological polar surface area (TPSA) is 75.7 Å². The van der Waals surface area contributed by atoms with Gasteiger partial charge in [-0.1, -0.05) is 19.9 Å². The molecule has 0 atom stereocenters. The number of rotatable bonds is 7. The molecule has 0 heterocycles. The molecule has 0 aromatic heterocycles. The maximum atomic E-state index is 12.7. The summed E-state index contributed by atoms with van der Waals surface area (Å²) in [5, 5.41) is 2.75. The largest absolute Gasteiger partial charge is 0.497 e. The Balaban J connectivity index is 2.36. The molecule has 0 saturated carbocycles. The van der Waals surface area contributed by atoms with Gasteiger partial charge in [-0.2, -0.15) is 4.31 Å². The molecule has 0 unspecified atom stereocenters. The number of ether oxygens (including phenoxy) is 1. The second kappa shape index (κ2) is 8.66. The second-order valence-electron chi connectivity index (χ2n) is 5.42. The van der Waals surface area contributed by atoms with Crippen molar-refractivity contribution in [2.75, 3.05) is 25.5 Å². The second-order valence-corrected chi connectivity index (χ2v) is 8.21. The standard InChI is InChI=1S/C18H21BrN2O4S/c1-4-21(5-2)26(23,24)15-9-10-17(19)16(12-15)18(22)20-13-7-6-8-14(11-13)25-3/h6-12H,4-5H2,1-3H3,(H,20,22). The average Bonchev–Trinajstić information content (AvgIpc) is 2.62. The summed E-state index contributed by atoms with van der Waals surface area (Å²) < 4.78 is 32.4. The van der Waals surface area contributed by atoms with Crippen LogP contribution >= 0.6 is 15.9 Å². The number of halogens is 1. The van der Waals surface area contributed by atoms with Gasteiger partial charge < -0.3 is 10.1 Å². The minimum atomic E-state index is -3.65. The van der Waals surface area contributed by atoms with Crippen molar-refractivity contribution in [3.63, 3.8) is 0 Å². The smallest absolute Gasteiger partial charge is 0.256 e. The molecule has 6 nitrogen and oxygen atoms in total. The zero-order valence-electron chi connectivity index (χ0n) is 14.8. The van der Waals surface area contributed by atoms with E-state index in [0.717, 1.165) is 0 Å². The van der Waals surface area contributed by atoms with Crippen LogP contribution in [0.25, 0.3) is 0 Å². The number of sulfonamides is 1. The molecule has 1 amide bonds. The Morgan fingerprint density at radius 1 is 1.15 bits per heavy atom. The third kappa shape index (κ3) is 4.44. The summed E-state index contributed by atoms with van der Waals surface area (Å²) in [6, 6.07) is 11.4. The van der Waals surface area contributed by atoms with Crippen LogP contribution < -0.4 is 10.1 Å². The van der Waals surface area contributed by atoms with E-state index in [1.165, 1.54) is 16.4 Å². The van der Waals surface area contributed by atoms with E-state index in [2.05, 4.69) is 21.2 Å². The van der Waals surface area contributed by atoms with Gasteiger partial charge in [0.15, 0.2) is 0 Å². The van der Waals surface area contributed by atoms with E-state index < -0.39 is 15.9 Å². The first-order valence-electron chi connectivity index (χ1n) is 8.08. The van der Waals surface area contributed by atoms with Gasteiger partial charge in [0.25, 0.3) is 5.91 Å². The number of nitrogens with zero attached hydrogens (tertiary/aromatic N) is 1. The zero-order valence-corrected chi connectivity index (χ0v) is 17.2. The maximum Gasteiger partial charge on any atom is 0.256 e. The van der Waals surface area contributed by atoms with Crippen LogP contribution in [0.15, 0.2) is 51.8 Å². The maximum absolute atomic E-state index is 12.7. The minimum Gasteiger partial charge on any atom is -0.497 e. The number of anilines is 1. The van der Waals surface area contributed by atoms with Crippen molar-refractivity contribution in [3.8, 4) is 5.75 Å². The molecule has 2 aromatic rings. The third-order valence-corrected chi connectivity index (χ3v) is 6.59. The molecular weight excluding hydrogens is 420 g/mol. The normalized spacial score (nSPS) is 11.4. The molecule has 140 valence electrons. The van der Waals surface area contributed by atoms with E-state index in [-0.39, 0.29) is 10.5 Å². The number of amides is 1. The lowest BCUT2D eigenvalue weighted by Crippen LogP contribution is -2.30. The first-order valence-corrected chi connectivity index (χ1v) is 10.3. The molecule has 8 heteroatoms. The van der Waals surface area contributed by atoms with Crippen molar-refractivity contribution < 1.29 is 17.9 Å². The highest BCUT2D eigenvalue weighted by molar-refractivity contribution is 9.10. The molecular formula is C18H21BrN2O4S. The minimum absolute atomic E-state index is 0.0835. The quantitative estimate of drug-likeness (QED) is 0.711. The van der Waals surface area contributed by atoms with Gasteiger partial charge in [0.2, 0.25) is 10.0 Å². The van der Waals surface area contributed by atoms with E-state index >= 15 is 0 Å². The molecule has 1 N–H and O–H groups in total. The monoisotopic (exact) mass is 440 g/mol. The molecule has 0 aliphatic rings. The number of hydrogen-bond acceptors (Lipinski definition) is 4. The summed E-state index contributed by atoms with van der Waals surface area (Å²) in [6.45, 7) is 4.27. The lowest BCUT2D eigenvalue weighted by Gasteiger charge is -2.19. The number of benzene rings is 2. The van der Waals surface area contributed by atoms with E-state index in [1.807, 2.05) is 0 Å². The van der Waals surface area contributed by atoms with Crippen LogP contribution in [0.5, 0.6) is 5.75 Å². The highest BCUT2D eigenvalue weighted by Gasteiger charge is 2.23. The van der Waals surface area contributed by atoms with Gasteiger partial charge in [-0.05, 0) is 46.3 Å². The van der Waals surface area contributed by atoms with Crippen molar-refractivity contribution >= 4 is 37.5 Å². The van der Waals surface area contributed by atoms with E-state index in [0.29, 0.717) is 29.0 Å².